The number of aldehydes is 1. The van der Waals surface area contributed by atoms with Gasteiger partial charge >= 0.3 is 0 Å². The van der Waals surface area contributed by atoms with Crippen LogP contribution in [0.5, 0.6) is 0 Å². The predicted molar refractivity (Wildman–Crippen MR) is 119 cm³/mol. The molecule has 0 aliphatic heterocycles. The van der Waals surface area contributed by atoms with Gasteiger partial charge in [-0.1, -0.05) is 63.7 Å². The normalized spacial score (nSPS) is 17.7. The second kappa shape index (κ2) is 9.47. The van der Waals surface area contributed by atoms with Crippen LogP contribution in [0.1, 0.15) is 98.1 Å². The van der Waals surface area contributed by atoms with Crippen LogP contribution < -0.4 is 10.7 Å². The number of nitrogens with one attached hydrogen (secondary N) is 1. The van der Waals surface area contributed by atoms with Gasteiger partial charge < -0.3 is 9.40 Å². The first kappa shape index (κ1) is 20.0. The smallest absolute Gasteiger partial charge is 0.185 e. The molecule has 0 bridgehead atoms. The monoisotopic (exact) mass is 391 g/mol. The second-order valence-corrected chi connectivity index (χ2v) is 8.55. The number of unbranched alkanes of at least 4 members (excludes halogenated alkanes) is 5. The van der Waals surface area contributed by atoms with Gasteiger partial charge in [0.25, 0.3) is 0 Å². The van der Waals surface area contributed by atoms with Crippen molar-refractivity contribution in [1.82, 2.24) is 4.98 Å². The van der Waals surface area contributed by atoms with Crippen LogP contribution in [0.3, 0.4) is 0 Å². The SMILES string of the molecule is CCCCCCCCC1C=CC(Cc2ccc(C=O)o2)=c2[nH]c3c(c21)CCCC=3. The maximum absolute atomic E-state index is 10.9. The lowest BCUT2D eigenvalue weighted by molar-refractivity contribution is 0.109. The Hall–Kier alpha value is -2.29. The topological polar surface area (TPSA) is 46.0 Å². The summed E-state index contributed by atoms with van der Waals surface area (Å²) in [5, 5.41) is 2.64. The fraction of sp³-hybridized carbons (Fsp3) is 0.500. The van der Waals surface area contributed by atoms with E-state index in [1.807, 2.05) is 6.07 Å². The molecule has 4 rings (SSSR count). The molecule has 0 spiro atoms. The first-order chi connectivity index (χ1) is 14.3. The Balaban J connectivity index is 1.57. The van der Waals surface area contributed by atoms with Crippen molar-refractivity contribution in [2.75, 3.05) is 0 Å². The molecule has 2 aliphatic rings. The number of carbonyl (C=O) groups is 1. The number of hydrogen-bond donors (Lipinski definition) is 1. The average Bonchev–Trinajstić information content (AvgIpc) is 3.36. The van der Waals surface area contributed by atoms with Gasteiger partial charge in [-0.2, -0.15) is 0 Å². The summed E-state index contributed by atoms with van der Waals surface area (Å²) in [7, 11) is 0. The maximum atomic E-state index is 10.9. The van der Waals surface area contributed by atoms with E-state index >= 15 is 0 Å². The van der Waals surface area contributed by atoms with E-state index in [-0.39, 0.29) is 0 Å². The molecule has 2 aromatic rings. The number of aromatic amines is 1. The molecule has 0 aromatic carbocycles. The summed E-state index contributed by atoms with van der Waals surface area (Å²) < 4.78 is 5.65. The molecule has 2 aromatic heterocycles. The Bertz CT molecular complexity index is 989. The summed E-state index contributed by atoms with van der Waals surface area (Å²) in [4.78, 5) is 14.7. The van der Waals surface area contributed by atoms with Crippen molar-refractivity contribution < 1.29 is 9.21 Å². The third-order valence-electron chi connectivity index (χ3n) is 6.41. The molecule has 3 heteroatoms. The molecule has 0 saturated heterocycles. The molecule has 3 nitrogen and oxygen atoms in total. The van der Waals surface area contributed by atoms with Crippen LogP contribution >= 0.6 is 0 Å². The number of aromatic nitrogens is 1. The highest BCUT2D eigenvalue weighted by Crippen LogP contribution is 2.30. The highest BCUT2D eigenvalue weighted by Gasteiger charge is 2.23. The quantitative estimate of drug-likeness (QED) is 0.439. The van der Waals surface area contributed by atoms with E-state index in [9.17, 15) is 4.79 Å². The van der Waals surface area contributed by atoms with E-state index in [2.05, 4.69) is 30.1 Å². The third kappa shape index (κ3) is 4.49. The third-order valence-corrected chi connectivity index (χ3v) is 6.41. The largest absolute Gasteiger partial charge is 0.458 e. The average molecular weight is 392 g/mol. The van der Waals surface area contributed by atoms with E-state index in [4.69, 9.17) is 4.42 Å². The molecule has 2 aliphatic carbocycles. The highest BCUT2D eigenvalue weighted by molar-refractivity contribution is 5.71. The molecule has 1 atom stereocenters. The van der Waals surface area contributed by atoms with E-state index in [0.29, 0.717) is 11.7 Å². The summed E-state index contributed by atoms with van der Waals surface area (Å²) in [6, 6.07) is 3.67. The summed E-state index contributed by atoms with van der Waals surface area (Å²) in [5.41, 5.74) is 4.34. The Morgan fingerprint density at radius 1 is 1.17 bits per heavy atom. The van der Waals surface area contributed by atoms with Crippen LogP contribution in [0, 0.1) is 0 Å². The van der Waals surface area contributed by atoms with Crippen molar-refractivity contribution in [2.24, 2.45) is 0 Å². The van der Waals surface area contributed by atoms with Crippen LogP contribution in [0.2, 0.25) is 0 Å². The minimum atomic E-state index is 0.403. The summed E-state index contributed by atoms with van der Waals surface area (Å²) in [5.74, 6) is 1.78. The number of allylic oxidation sites excluding steroid dienone is 2. The second-order valence-electron chi connectivity index (χ2n) is 8.55. The first-order valence-electron chi connectivity index (χ1n) is 11.5. The van der Waals surface area contributed by atoms with Gasteiger partial charge in [0, 0.05) is 23.0 Å². The lowest BCUT2D eigenvalue weighted by Crippen LogP contribution is -2.20. The molecule has 1 unspecified atom stereocenters. The molecule has 2 heterocycles. The summed E-state index contributed by atoms with van der Waals surface area (Å²) in [6.07, 6.45) is 21.5. The minimum absolute atomic E-state index is 0.403. The predicted octanol–water partition coefficient (Wildman–Crippen LogP) is 5.33. The fourth-order valence-corrected chi connectivity index (χ4v) is 4.89. The molecular formula is C26H33NO2. The van der Waals surface area contributed by atoms with E-state index in [1.165, 1.54) is 85.2 Å². The van der Waals surface area contributed by atoms with Crippen LogP contribution in [0.4, 0.5) is 0 Å². The molecule has 0 saturated carbocycles. The van der Waals surface area contributed by atoms with E-state index < -0.39 is 0 Å². The molecular weight excluding hydrogens is 358 g/mol. The summed E-state index contributed by atoms with van der Waals surface area (Å²) >= 11 is 0. The van der Waals surface area contributed by atoms with Crippen molar-refractivity contribution in [3.05, 3.63) is 57.6 Å². The van der Waals surface area contributed by atoms with Crippen LogP contribution in [-0.4, -0.2) is 11.3 Å². The standard InChI is InChI=1S/C26H33NO2/c1-2-3-4-5-6-7-10-19-13-14-20(17-21-15-16-22(18-28)29-21)26-25(19)23-11-8-9-12-24(23)27-26/h12-16,18-19,27H,2-11,17H2,1H3. The maximum Gasteiger partial charge on any atom is 0.185 e. The molecule has 0 amide bonds. The van der Waals surface area contributed by atoms with Gasteiger partial charge in [-0.15, -0.1) is 0 Å². The number of carbonyl (C=O) groups excluding carboxylic acids is 1. The fourth-order valence-electron chi connectivity index (χ4n) is 4.89. The van der Waals surface area contributed by atoms with Crippen molar-refractivity contribution in [2.45, 2.75) is 83.5 Å². The molecule has 154 valence electrons. The van der Waals surface area contributed by atoms with Gasteiger partial charge in [0.2, 0.25) is 0 Å². The minimum Gasteiger partial charge on any atom is -0.458 e. The lowest BCUT2D eigenvalue weighted by Gasteiger charge is -2.20. The molecule has 0 radical (unpaired) electrons. The van der Waals surface area contributed by atoms with Crippen molar-refractivity contribution in [3.63, 3.8) is 0 Å². The Morgan fingerprint density at radius 2 is 2.03 bits per heavy atom. The zero-order valence-electron chi connectivity index (χ0n) is 17.6. The van der Waals surface area contributed by atoms with Crippen LogP contribution in [-0.2, 0) is 12.8 Å². The lowest BCUT2D eigenvalue weighted by atomic mass is 9.84. The van der Waals surface area contributed by atoms with Gasteiger partial charge in [0.1, 0.15) is 5.76 Å². The molecule has 1 N–H and O–H groups in total. The zero-order chi connectivity index (χ0) is 20.1. The summed E-state index contributed by atoms with van der Waals surface area (Å²) in [6.45, 7) is 2.27. The van der Waals surface area contributed by atoms with Crippen molar-refractivity contribution in [3.8, 4) is 0 Å². The number of furan rings is 1. The molecule has 29 heavy (non-hydrogen) atoms. The zero-order valence-corrected chi connectivity index (χ0v) is 17.6. The van der Waals surface area contributed by atoms with Crippen LogP contribution in [0.25, 0.3) is 11.6 Å². The van der Waals surface area contributed by atoms with Gasteiger partial charge in [-0.05, 0) is 54.5 Å². The molecule has 0 fully saturated rings. The Labute approximate surface area is 173 Å². The van der Waals surface area contributed by atoms with Gasteiger partial charge in [-0.3, -0.25) is 4.79 Å². The van der Waals surface area contributed by atoms with Gasteiger partial charge in [0.05, 0.1) is 0 Å². The Kier molecular flexibility index (Phi) is 6.53. The van der Waals surface area contributed by atoms with Crippen molar-refractivity contribution in [1.29, 1.82) is 0 Å². The van der Waals surface area contributed by atoms with Gasteiger partial charge in [-0.25, -0.2) is 0 Å². The number of rotatable bonds is 10. The number of hydrogen-bond acceptors (Lipinski definition) is 2. The number of H-pyrrole nitrogens is 1. The van der Waals surface area contributed by atoms with Gasteiger partial charge in [0.15, 0.2) is 12.0 Å². The van der Waals surface area contributed by atoms with E-state index in [1.54, 1.807) is 6.07 Å². The number of fused-ring (bicyclic) bond motifs is 3. The first-order valence-corrected chi connectivity index (χ1v) is 11.5. The van der Waals surface area contributed by atoms with Crippen LogP contribution in [0.15, 0.2) is 28.7 Å². The Morgan fingerprint density at radius 3 is 2.86 bits per heavy atom. The van der Waals surface area contributed by atoms with E-state index in [0.717, 1.165) is 24.9 Å². The van der Waals surface area contributed by atoms with Crippen molar-refractivity contribution >= 4 is 17.9 Å². The highest BCUT2D eigenvalue weighted by atomic mass is 16.3.